The van der Waals surface area contributed by atoms with Crippen molar-refractivity contribution in [3.63, 3.8) is 0 Å². The number of rotatable bonds is 7. The van der Waals surface area contributed by atoms with Gasteiger partial charge in [0.25, 0.3) is 5.91 Å². The number of esters is 2. The highest BCUT2D eigenvalue weighted by molar-refractivity contribution is 7.18. The molecular formula is C23H24N6O5S. The van der Waals surface area contributed by atoms with Crippen molar-refractivity contribution in [2.24, 2.45) is 0 Å². The molecule has 0 saturated carbocycles. The van der Waals surface area contributed by atoms with Gasteiger partial charge in [-0.3, -0.25) is 9.48 Å². The van der Waals surface area contributed by atoms with Crippen LogP contribution in [0, 0.1) is 13.8 Å². The molecule has 0 spiro atoms. The molecule has 1 amide bonds. The van der Waals surface area contributed by atoms with Crippen molar-refractivity contribution < 1.29 is 23.9 Å². The summed E-state index contributed by atoms with van der Waals surface area (Å²) < 4.78 is 13.4. The molecule has 0 unspecified atom stereocenters. The Bertz CT molecular complexity index is 1450. The second-order valence-electron chi connectivity index (χ2n) is 7.52. The maximum absolute atomic E-state index is 13.1. The maximum atomic E-state index is 13.1. The average molecular weight is 497 g/mol. The Morgan fingerprint density at radius 2 is 1.94 bits per heavy atom. The number of ether oxygens (including phenoxy) is 2. The predicted molar refractivity (Wildman–Crippen MR) is 129 cm³/mol. The molecule has 0 aliphatic carbocycles. The van der Waals surface area contributed by atoms with Crippen LogP contribution in [0.2, 0.25) is 0 Å². The van der Waals surface area contributed by atoms with E-state index >= 15 is 0 Å². The number of amides is 1. The third-order valence-corrected chi connectivity index (χ3v) is 6.68. The lowest BCUT2D eigenvalue weighted by Gasteiger charge is -2.05. The van der Waals surface area contributed by atoms with Gasteiger partial charge in [-0.2, -0.15) is 10.2 Å². The van der Waals surface area contributed by atoms with E-state index in [1.54, 1.807) is 42.9 Å². The van der Waals surface area contributed by atoms with Crippen molar-refractivity contribution in [2.75, 3.05) is 19.0 Å². The Balaban J connectivity index is 1.72. The minimum atomic E-state index is -0.674. The fourth-order valence-electron chi connectivity index (χ4n) is 3.73. The van der Waals surface area contributed by atoms with E-state index < -0.39 is 17.8 Å². The van der Waals surface area contributed by atoms with E-state index in [2.05, 4.69) is 20.5 Å². The number of carbonyl (C=O) groups excluding carboxylic acids is 3. The molecule has 35 heavy (non-hydrogen) atoms. The van der Waals surface area contributed by atoms with Crippen molar-refractivity contribution in [1.82, 2.24) is 24.4 Å². The second-order valence-corrected chi connectivity index (χ2v) is 8.54. The van der Waals surface area contributed by atoms with Gasteiger partial charge >= 0.3 is 11.9 Å². The topological polar surface area (TPSA) is 130 Å². The number of anilines is 1. The summed E-state index contributed by atoms with van der Waals surface area (Å²) in [4.78, 5) is 42.4. The molecule has 0 aliphatic heterocycles. The van der Waals surface area contributed by atoms with E-state index in [1.807, 2.05) is 18.5 Å². The maximum Gasteiger partial charge on any atom is 0.348 e. The fourth-order valence-corrected chi connectivity index (χ4v) is 4.82. The van der Waals surface area contributed by atoms with Crippen LogP contribution in [0.5, 0.6) is 0 Å². The fraction of sp³-hybridized carbons (Fsp3) is 0.304. The van der Waals surface area contributed by atoms with Crippen molar-refractivity contribution >= 4 is 39.8 Å². The number of nitrogens with zero attached hydrogens (tertiary/aromatic N) is 5. The summed E-state index contributed by atoms with van der Waals surface area (Å²) >= 11 is 0.946. The van der Waals surface area contributed by atoms with Crippen molar-refractivity contribution in [2.45, 2.75) is 34.2 Å². The zero-order chi connectivity index (χ0) is 25.3. The largest absolute Gasteiger partial charge is 0.465 e. The molecule has 1 N–H and O–H groups in total. The van der Waals surface area contributed by atoms with E-state index in [9.17, 15) is 14.4 Å². The first-order valence-electron chi connectivity index (χ1n) is 10.9. The van der Waals surface area contributed by atoms with E-state index in [1.165, 1.54) is 7.11 Å². The Morgan fingerprint density at radius 3 is 2.60 bits per heavy atom. The summed E-state index contributed by atoms with van der Waals surface area (Å²) in [6, 6.07) is 3.35. The lowest BCUT2D eigenvalue weighted by atomic mass is 10.1. The van der Waals surface area contributed by atoms with Gasteiger partial charge in [-0.1, -0.05) is 0 Å². The summed E-state index contributed by atoms with van der Waals surface area (Å²) in [7, 11) is 1.23. The summed E-state index contributed by atoms with van der Waals surface area (Å²) in [5.74, 6) is -1.82. The van der Waals surface area contributed by atoms with Crippen LogP contribution in [0.3, 0.4) is 0 Å². The molecular weight excluding hydrogens is 472 g/mol. The molecule has 0 atom stereocenters. The lowest BCUT2D eigenvalue weighted by Crippen LogP contribution is -2.15. The van der Waals surface area contributed by atoms with Gasteiger partial charge in [0.2, 0.25) is 0 Å². The van der Waals surface area contributed by atoms with Crippen LogP contribution in [-0.4, -0.2) is 55.9 Å². The molecule has 0 saturated heterocycles. The Morgan fingerprint density at radius 1 is 1.17 bits per heavy atom. The SMILES string of the molecule is CCOC(=O)c1sc(NC(=O)c2cc3nccc(-c4cnn(CC)c4C)n3n2)c(C(=O)OC)c1C. The molecule has 0 aliphatic rings. The molecule has 12 heteroatoms. The molecule has 182 valence electrons. The number of fused-ring (bicyclic) bond motifs is 1. The summed E-state index contributed by atoms with van der Waals surface area (Å²) in [5, 5.41) is 11.7. The van der Waals surface area contributed by atoms with Crippen molar-refractivity contribution in [3.8, 4) is 11.3 Å². The van der Waals surface area contributed by atoms with E-state index in [0.717, 1.165) is 34.8 Å². The number of hydrogen-bond acceptors (Lipinski definition) is 9. The minimum absolute atomic E-state index is 0.0880. The molecule has 0 bridgehead atoms. The highest BCUT2D eigenvalue weighted by atomic mass is 32.1. The van der Waals surface area contributed by atoms with E-state index in [-0.39, 0.29) is 27.7 Å². The highest BCUT2D eigenvalue weighted by Gasteiger charge is 2.28. The normalized spacial score (nSPS) is 11.0. The molecule has 4 rings (SSSR count). The van der Waals surface area contributed by atoms with Gasteiger partial charge in [-0.05, 0) is 39.3 Å². The van der Waals surface area contributed by atoms with Gasteiger partial charge in [-0.15, -0.1) is 11.3 Å². The smallest absolute Gasteiger partial charge is 0.348 e. The Hall–Kier alpha value is -4.06. The number of aromatic nitrogens is 5. The van der Waals surface area contributed by atoms with Crippen LogP contribution >= 0.6 is 11.3 Å². The first-order valence-corrected chi connectivity index (χ1v) is 11.7. The number of aryl methyl sites for hydroxylation is 1. The first-order chi connectivity index (χ1) is 16.8. The predicted octanol–water partition coefficient (Wildman–Crippen LogP) is 3.51. The highest BCUT2D eigenvalue weighted by Crippen LogP contribution is 2.34. The number of carbonyl (C=O) groups is 3. The van der Waals surface area contributed by atoms with Gasteiger partial charge in [0.1, 0.15) is 9.88 Å². The third kappa shape index (κ3) is 4.28. The zero-order valence-electron chi connectivity index (χ0n) is 19.9. The Kier molecular flexibility index (Phi) is 6.65. The molecule has 0 fully saturated rings. The quantitative estimate of drug-likeness (QED) is 0.385. The van der Waals surface area contributed by atoms with E-state index in [4.69, 9.17) is 9.47 Å². The number of methoxy groups -OCH3 is 1. The van der Waals surface area contributed by atoms with Crippen LogP contribution in [0.15, 0.2) is 24.5 Å². The third-order valence-electron chi connectivity index (χ3n) is 5.49. The van der Waals surface area contributed by atoms with Crippen LogP contribution in [0.25, 0.3) is 16.9 Å². The van der Waals surface area contributed by atoms with Crippen LogP contribution in [-0.2, 0) is 16.0 Å². The van der Waals surface area contributed by atoms with E-state index in [0.29, 0.717) is 11.2 Å². The number of thiophene rings is 1. The van der Waals surface area contributed by atoms with Crippen molar-refractivity contribution in [1.29, 1.82) is 0 Å². The Labute approximate surface area is 204 Å². The van der Waals surface area contributed by atoms with Crippen LogP contribution in [0.4, 0.5) is 5.00 Å². The molecule has 0 aromatic carbocycles. The van der Waals surface area contributed by atoms with Crippen molar-refractivity contribution in [3.05, 3.63) is 51.9 Å². The summed E-state index contributed by atoms with van der Waals surface area (Å²) in [6.07, 6.45) is 3.39. The average Bonchev–Trinajstić information content (AvgIpc) is 3.53. The molecule has 4 aromatic rings. The van der Waals surface area contributed by atoms with Gasteiger partial charge < -0.3 is 14.8 Å². The number of hydrogen-bond donors (Lipinski definition) is 1. The summed E-state index contributed by atoms with van der Waals surface area (Å²) in [5.41, 5.74) is 3.60. The molecule has 0 radical (unpaired) electrons. The molecule has 4 aromatic heterocycles. The minimum Gasteiger partial charge on any atom is -0.465 e. The molecule has 4 heterocycles. The van der Waals surface area contributed by atoms with Gasteiger partial charge in [0.15, 0.2) is 11.3 Å². The molecule has 11 nitrogen and oxygen atoms in total. The summed E-state index contributed by atoms with van der Waals surface area (Å²) in [6.45, 7) is 8.16. The van der Waals surface area contributed by atoms with Gasteiger partial charge in [0, 0.05) is 30.1 Å². The zero-order valence-corrected chi connectivity index (χ0v) is 20.7. The first kappa shape index (κ1) is 24.1. The second kappa shape index (κ2) is 9.66. The van der Waals surface area contributed by atoms with Gasteiger partial charge in [-0.25, -0.2) is 19.1 Å². The monoisotopic (exact) mass is 496 g/mol. The standard InChI is InChI=1S/C23H24N6O5S/c1-6-28-13(4)14(11-25-28)16-8-9-24-17-10-15(27-29(16)17)20(30)26-21-18(22(31)33-5)12(3)19(35-21)23(32)34-7-2/h8-11H,6-7H2,1-5H3,(H,26,30). The van der Waals surface area contributed by atoms with Crippen LogP contribution in [0.1, 0.15) is 55.6 Å². The van der Waals surface area contributed by atoms with Gasteiger partial charge in [0.05, 0.1) is 31.2 Å². The van der Waals surface area contributed by atoms with Crippen LogP contribution < -0.4 is 5.32 Å². The number of nitrogens with one attached hydrogen (secondary N) is 1. The lowest BCUT2D eigenvalue weighted by molar-refractivity contribution is 0.0531.